The highest BCUT2D eigenvalue weighted by Crippen LogP contribution is 2.23. The highest BCUT2D eigenvalue weighted by Gasteiger charge is 2.09. The maximum atomic E-state index is 12.0. The first-order valence-electron chi connectivity index (χ1n) is 5.85. The number of benzene rings is 1. The van der Waals surface area contributed by atoms with Gasteiger partial charge in [-0.25, -0.2) is 0 Å². The minimum atomic E-state index is -0.396. The fourth-order valence-electron chi connectivity index (χ4n) is 1.72. The number of nitrogens with one attached hydrogen (secondary N) is 2. The molecule has 0 radical (unpaired) electrons. The predicted molar refractivity (Wildman–Crippen MR) is 75.3 cm³/mol. The second-order valence-electron chi connectivity index (χ2n) is 4.41. The Morgan fingerprint density at radius 1 is 1.21 bits per heavy atom. The zero-order valence-electron chi connectivity index (χ0n) is 10.8. The van der Waals surface area contributed by atoms with Gasteiger partial charge in [0.1, 0.15) is 5.69 Å². The third kappa shape index (κ3) is 2.82. The van der Waals surface area contributed by atoms with Crippen LogP contribution in [0.25, 0.3) is 0 Å². The SMILES string of the molecule is Cc1cc(N)c(NC(=O)c2cccc(=O)[nH]2)cc1C. The summed E-state index contributed by atoms with van der Waals surface area (Å²) in [4.78, 5) is 25.6. The molecule has 0 bridgehead atoms. The molecule has 0 saturated heterocycles. The number of amides is 1. The van der Waals surface area contributed by atoms with E-state index in [0.29, 0.717) is 11.4 Å². The maximum absolute atomic E-state index is 12.0. The molecule has 0 aliphatic carbocycles. The van der Waals surface area contributed by atoms with Crippen molar-refractivity contribution in [3.05, 3.63) is 57.5 Å². The summed E-state index contributed by atoms with van der Waals surface area (Å²) in [5.41, 5.74) is 8.87. The molecule has 1 aromatic heterocycles. The van der Waals surface area contributed by atoms with E-state index in [1.165, 1.54) is 18.2 Å². The monoisotopic (exact) mass is 257 g/mol. The summed E-state index contributed by atoms with van der Waals surface area (Å²) in [7, 11) is 0. The standard InChI is InChI=1S/C14H15N3O2/c1-8-6-10(15)12(7-9(8)2)17-14(19)11-4-3-5-13(18)16-11/h3-7H,15H2,1-2H3,(H,16,18)(H,17,19). The Balaban J connectivity index is 2.29. The highest BCUT2D eigenvalue weighted by molar-refractivity contribution is 6.04. The molecule has 1 aromatic carbocycles. The highest BCUT2D eigenvalue weighted by atomic mass is 16.2. The van der Waals surface area contributed by atoms with Gasteiger partial charge in [0, 0.05) is 6.07 Å². The van der Waals surface area contributed by atoms with E-state index < -0.39 is 5.91 Å². The van der Waals surface area contributed by atoms with Crippen LogP contribution in [0.5, 0.6) is 0 Å². The third-order valence-corrected chi connectivity index (χ3v) is 2.93. The fraction of sp³-hybridized carbons (Fsp3) is 0.143. The Morgan fingerprint density at radius 3 is 2.58 bits per heavy atom. The van der Waals surface area contributed by atoms with E-state index in [2.05, 4.69) is 10.3 Å². The molecule has 0 aliphatic rings. The molecule has 1 amide bonds. The van der Waals surface area contributed by atoms with Crippen LogP contribution in [-0.2, 0) is 0 Å². The van der Waals surface area contributed by atoms with E-state index in [1.54, 1.807) is 6.07 Å². The zero-order valence-corrected chi connectivity index (χ0v) is 10.8. The van der Waals surface area contributed by atoms with Crippen molar-refractivity contribution in [2.75, 3.05) is 11.1 Å². The summed E-state index contributed by atoms with van der Waals surface area (Å²) in [5, 5.41) is 2.69. The molecule has 2 rings (SSSR count). The average Bonchev–Trinajstić information content (AvgIpc) is 2.36. The van der Waals surface area contributed by atoms with Crippen LogP contribution in [0.2, 0.25) is 0 Å². The maximum Gasteiger partial charge on any atom is 0.272 e. The van der Waals surface area contributed by atoms with Crippen molar-refractivity contribution < 1.29 is 4.79 Å². The van der Waals surface area contributed by atoms with Gasteiger partial charge in [0.25, 0.3) is 5.91 Å². The van der Waals surface area contributed by atoms with E-state index >= 15 is 0 Å². The largest absolute Gasteiger partial charge is 0.397 e. The fourth-order valence-corrected chi connectivity index (χ4v) is 1.72. The van der Waals surface area contributed by atoms with Crippen LogP contribution in [0.1, 0.15) is 21.6 Å². The van der Waals surface area contributed by atoms with Crippen molar-refractivity contribution in [1.29, 1.82) is 0 Å². The van der Waals surface area contributed by atoms with Crippen LogP contribution < -0.4 is 16.6 Å². The number of carbonyl (C=O) groups excluding carboxylic acids is 1. The van der Waals surface area contributed by atoms with Gasteiger partial charge in [0.15, 0.2) is 0 Å². The molecule has 2 aromatic rings. The minimum absolute atomic E-state index is 0.199. The van der Waals surface area contributed by atoms with Crippen LogP contribution in [-0.4, -0.2) is 10.9 Å². The minimum Gasteiger partial charge on any atom is -0.397 e. The van der Waals surface area contributed by atoms with Crippen LogP contribution in [0.3, 0.4) is 0 Å². The van der Waals surface area contributed by atoms with Gasteiger partial charge in [-0.15, -0.1) is 0 Å². The lowest BCUT2D eigenvalue weighted by Gasteiger charge is -2.11. The van der Waals surface area contributed by atoms with Gasteiger partial charge in [0.05, 0.1) is 11.4 Å². The smallest absolute Gasteiger partial charge is 0.272 e. The number of aromatic amines is 1. The molecular formula is C14H15N3O2. The third-order valence-electron chi connectivity index (χ3n) is 2.93. The molecule has 19 heavy (non-hydrogen) atoms. The molecule has 4 N–H and O–H groups in total. The van der Waals surface area contributed by atoms with Crippen molar-refractivity contribution in [3.8, 4) is 0 Å². The zero-order chi connectivity index (χ0) is 14.0. The Morgan fingerprint density at radius 2 is 1.89 bits per heavy atom. The Bertz CT molecular complexity index is 689. The topological polar surface area (TPSA) is 88.0 Å². The van der Waals surface area contributed by atoms with Crippen molar-refractivity contribution in [1.82, 2.24) is 4.98 Å². The number of pyridine rings is 1. The van der Waals surface area contributed by atoms with Crippen molar-refractivity contribution in [2.24, 2.45) is 0 Å². The first-order valence-corrected chi connectivity index (χ1v) is 5.85. The number of nitrogens with two attached hydrogens (primary N) is 1. The van der Waals surface area contributed by atoms with E-state index in [9.17, 15) is 9.59 Å². The van der Waals surface area contributed by atoms with Crippen LogP contribution in [0.15, 0.2) is 35.1 Å². The molecule has 0 spiro atoms. The van der Waals surface area contributed by atoms with Gasteiger partial charge in [0.2, 0.25) is 5.56 Å². The summed E-state index contributed by atoms with van der Waals surface area (Å²) in [5.74, 6) is -0.396. The second kappa shape index (κ2) is 4.97. The second-order valence-corrected chi connectivity index (χ2v) is 4.41. The molecule has 0 saturated carbocycles. The molecule has 0 atom stereocenters. The van der Waals surface area contributed by atoms with Gasteiger partial charge in [-0.3, -0.25) is 9.59 Å². The number of H-pyrrole nitrogens is 1. The molecule has 0 aliphatic heterocycles. The quantitative estimate of drug-likeness (QED) is 0.717. The summed E-state index contributed by atoms with van der Waals surface area (Å²) < 4.78 is 0. The molecule has 5 heteroatoms. The molecule has 98 valence electrons. The average molecular weight is 257 g/mol. The van der Waals surface area contributed by atoms with E-state index in [-0.39, 0.29) is 11.3 Å². The van der Waals surface area contributed by atoms with Crippen molar-refractivity contribution in [2.45, 2.75) is 13.8 Å². The Kier molecular flexibility index (Phi) is 3.37. The number of aryl methyl sites for hydroxylation is 2. The van der Waals surface area contributed by atoms with Crippen molar-refractivity contribution >= 4 is 17.3 Å². The molecule has 1 heterocycles. The molecule has 5 nitrogen and oxygen atoms in total. The number of anilines is 2. The first kappa shape index (κ1) is 12.9. The van der Waals surface area contributed by atoms with Gasteiger partial charge in [-0.05, 0) is 43.2 Å². The lowest BCUT2D eigenvalue weighted by atomic mass is 10.1. The van der Waals surface area contributed by atoms with Gasteiger partial charge in [-0.2, -0.15) is 0 Å². The number of nitrogen functional groups attached to an aromatic ring is 1. The Labute approximate surface area is 110 Å². The Hall–Kier alpha value is -2.56. The van der Waals surface area contributed by atoms with Crippen LogP contribution in [0.4, 0.5) is 11.4 Å². The number of hydrogen-bond donors (Lipinski definition) is 3. The lowest BCUT2D eigenvalue weighted by molar-refractivity contribution is 0.102. The van der Waals surface area contributed by atoms with Crippen LogP contribution >= 0.6 is 0 Å². The summed E-state index contributed by atoms with van der Waals surface area (Å²) >= 11 is 0. The molecule has 0 unspecified atom stereocenters. The van der Waals surface area contributed by atoms with Gasteiger partial charge >= 0.3 is 0 Å². The number of carbonyl (C=O) groups is 1. The summed E-state index contributed by atoms with van der Waals surface area (Å²) in [6.07, 6.45) is 0. The summed E-state index contributed by atoms with van der Waals surface area (Å²) in [6, 6.07) is 8.02. The summed E-state index contributed by atoms with van der Waals surface area (Å²) in [6.45, 7) is 3.89. The number of rotatable bonds is 2. The van der Waals surface area contributed by atoms with E-state index in [4.69, 9.17) is 5.73 Å². The lowest BCUT2D eigenvalue weighted by Crippen LogP contribution is -2.18. The number of aromatic nitrogens is 1. The van der Waals surface area contributed by atoms with E-state index in [0.717, 1.165) is 11.1 Å². The van der Waals surface area contributed by atoms with Crippen LogP contribution in [0, 0.1) is 13.8 Å². The predicted octanol–water partition coefficient (Wildman–Crippen LogP) is 1.83. The van der Waals surface area contributed by atoms with E-state index in [1.807, 2.05) is 19.9 Å². The normalized spacial score (nSPS) is 10.2. The first-order chi connectivity index (χ1) is 8.97. The van der Waals surface area contributed by atoms with Crippen molar-refractivity contribution in [3.63, 3.8) is 0 Å². The molecule has 0 fully saturated rings. The van der Waals surface area contributed by atoms with Gasteiger partial charge < -0.3 is 16.0 Å². The van der Waals surface area contributed by atoms with Gasteiger partial charge in [-0.1, -0.05) is 6.07 Å². The number of hydrogen-bond acceptors (Lipinski definition) is 3. The molecular weight excluding hydrogens is 242 g/mol.